The van der Waals surface area contributed by atoms with E-state index in [1.807, 2.05) is 38.1 Å². The Morgan fingerprint density at radius 2 is 1.85 bits per heavy atom. The first-order valence-electron chi connectivity index (χ1n) is 12.3. The zero-order chi connectivity index (χ0) is 27.9. The van der Waals surface area contributed by atoms with E-state index in [-0.39, 0.29) is 29.9 Å². The fourth-order valence-electron chi connectivity index (χ4n) is 3.88. The molecule has 1 N–H and O–H groups in total. The maximum atomic E-state index is 13.0. The molecule has 10 nitrogen and oxygen atoms in total. The second-order valence-electron chi connectivity index (χ2n) is 8.73. The summed E-state index contributed by atoms with van der Waals surface area (Å²) >= 11 is 2.86. The van der Waals surface area contributed by atoms with Crippen LogP contribution in [-0.2, 0) is 19.1 Å². The molecule has 39 heavy (non-hydrogen) atoms. The quantitative estimate of drug-likeness (QED) is 0.317. The first kappa shape index (κ1) is 28.9. The van der Waals surface area contributed by atoms with Gasteiger partial charge in [0, 0.05) is 18.8 Å². The SMILES string of the molecule is CCOc1cc(/C=C2/SC(=O)N(CC(=O)N3CCOCC3)C2=O)cc(I)c1OCC(=O)Nc1ccc(C)cc1. The summed E-state index contributed by atoms with van der Waals surface area (Å²) in [5, 5.41) is 2.30. The molecule has 2 aliphatic rings. The molecule has 2 heterocycles. The summed E-state index contributed by atoms with van der Waals surface area (Å²) in [5.41, 5.74) is 2.38. The van der Waals surface area contributed by atoms with E-state index in [1.165, 1.54) is 0 Å². The van der Waals surface area contributed by atoms with Crippen LogP contribution in [0.5, 0.6) is 11.5 Å². The van der Waals surface area contributed by atoms with Gasteiger partial charge in [-0.2, -0.15) is 0 Å². The lowest BCUT2D eigenvalue weighted by molar-refractivity contribution is -0.139. The van der Waals surface area contributed by atoms with Crippen molar-refractivity contribution in [3.05, 3.63) is 56.0 Å². The summed E-state index contributed by atoms with van der Waals surface area (Å²) in [6.45, 7) is 5.36. The average Bonchev–Trinajstić information content (AvgIpc) is 3.17. The number of nitrogens with one attached hydrogen (secondary N) is 1. The van der Waals surface area contributed by atoms with Crippen LogP contribution in [0.4, 0.5) is 10.5 Å². The van der Waals surface area contributed by atoms with Gasteiger partial charge in [-0.3, -0.25) is 24.1 Å². The predicted octanol–water partition coefficient (Wildman–Crippen LogP) is 3.91. The average molecular weight is 666 g/mol. The van der Waals surface area contributed by atoms with E-state index in [0.717, 1.165) is 22.2 Å². The lowest BCUT2D eigenvalue weighted by Crippen LogP contribution is -2.46. The van der Waals surface area contributed by atoms with Crippen molar-refractivity contribution in [3.8, 4) is 11.5 Å². The zero-order valence-corrected chi connectivity index (χ0v) is 24.5. The number of amides is 4. The van der Waals surface area contributed by atoms with E-state index in [0.29, 0.717) is 59.2 Å². The number of hydrogen-bond acceptors (Lipinski definition) is 8. The Hall–Kier alpha value is -3.10. The fourth-order valence-corrected chi connectivity index (χ4v) is 5.50. The maximum absolute atomic E-state index is 13.0. The molecule has 0 saturated carbocycles. The standard InChI is InChI=1S/C27H28IN3O7S/c1-3-37-21-13-18(12-20(28)25(21)38-16-23(32)29-19-6-4-17(2)5-7-19)14-22-26(34)31(27(35)39-22)15-24(33)30-8-10-36-11-9-30/h4-7,12-14H,3,8-11,15-16H2,1-2H3,(H,29,32)/b22-14+. The van der Waals surface area contributed by atoms with Crippen LogP contribution in [0.15, 0.2) is 41.3 Å². The first-order valence-corrected chi connectivity index (χ1v) is 14.2. The van der Waals surface area contributed by atoms with Gasteiger partial charge in [0.05, 0.1) is 28.3 Å². The summed E-state index contributed by atoms with van der Waals surface area (Å²) in [5.74, 6) is -0.324. The molecule has 4 amide bonds. The third-order valence-corrected chi connectivity index (χ3v) is 7.55. The Morgan fingerprint density at radius 1 is 1.13 bits per heavy atom. The summed E-state index contributed by atoms with van der Waals surface area (Å²) in [4.78, 5) is 53.3. The predicted molar refractivity (Wildman–Crippen MR) is 156 cm³/mol. The van der Waals surface area contributed by atoms with Crippen LogP contribution in [0.25, 0.3) is 6.08 Å². The number of carbonyl (C=O) groups excluding carboxylic acids is 4. The molecular weight excluding hydrogens is 637 g/mol. The van der Waals surface area contributed by atoms with Crippen molar-refractivity contribution in [1.29, 1.82) is 0 Å². The van der Waals surface area contributed by atoms with Crippen LogP contribution in [0.2, 0.25) is 0 Å². The highest BCUT2D eigenvalue weighted by Gasteiger charge is 2.37. The van der Waals surface area contributed by atoms with E-state index in [9.17, 15) is 19.2 Å². The van der Waals surface area contributed by atoms with Gasteiger partial charge >= 0.3 is 0 Å². The molecule has 0 radical (unpaired) electrons. The molecule has 4 rings (SSSR count). The van der Waals surface area contributed by atoms with Gasteiger partial charge in [0.15, 0.2) is 18.1 Å². The van der Waals surface area contributed by atoms with Crippen molar-refractivity contribution in [3.63, 3.8) is 0 Å². The van der Waals surface area contributed by atoms with E-state index in [2.05, 4.69) is 27.9 Å². The number of hydrogen-bond donors (Lipinski definition) is 1. The molecule has 0 bridgehead atoms. The number of thioether (sulfide) groups is 1. The Kier molecular flexibility index (Phi) is 9.86. The molecule has 2 aliphatic heterocycles. The second kappa shape index (κ2) is 13.3. The summed E-state index contributed by atoms with van der Waals surface area (Å²) in [6.07, 6.45) is 1.59. The lowest BCUT2D eigenvalue weighted by atomic mass is 10.2. The number of morpholine rings is 1. The molecule has 2 aromatic rings. The molecule has 0 aliphatic carbocycles. The van der Waals surface area contributed by atoms with Gasteiger partial charge < -0.3 is 24.4 Å². The number of carbonyl (C=O) groups is 4. The topological polar surface area (TPSA) is 114 Å². The van der Waals surface area contributed by atoms with Crippen LogP contribution in [-0.4, -0.2) is 78.8 Å². The lowest BCUT2D eigenvalue weighted by Gasteiger charge is -2.28. The normalized spacial score (nSPS) is 16.5. The molecule has 0 unspecified atom stereocenters. The van der Waals surface area contributed by atoms with Gasteiger partial charge in [-0.05, 0) is 84.1 Å². The molecule has 12 heteroatoms. The molecule has 0 spiro atoms. The molecule has 2 fully saturated rings. The van der Waals surface area contributed by atoms with Crippen molar-refractivity contribution in [2.45, 2.75) is 13.8 Å². The van der Waals surface area contributed by atoms with Gasteiger partial charge in [0.1, 0.15) is 6.54 Å². The molecule has 0 atom stereocenters. The van der Waals surface area contributed by atoms with Crippen LogP contribution in [0.3, 0.4) is 0 Å². The molecule has 0 aromatic heterocycles. The Labute approximate surface area is 244 Å². The Morgan fingerprint density at radius 3 is 2.54 bits per heavy atom. The number of rotatable bonds is 9. The first-order chi connectivity index (χ1) is 18.7. The summed E-state index contributed by atoms with van der Waals surface area (Å²) in [6, 6.07) is 10.9. The number of ether oxygens (including phenoxy) is 3. The Bertz CT molecular complexity index is 1290. The van der Waals surface area contributed by atoms with Crippen LogP contribution in [0, 0.1) is 10.5 Å². The number of nitrogens with zero attached hydrogens (tertiary/aromatic N) is 2. The van der Waals surface area contributed by atoms with Gasteiger partial charge in [-0.25, -0.2) is 0 Å². The van der Waals surface area contributed by atoms with E-state index in [4.69, 9.17) is 14.2 Å². The van der Waals surface area contributed by atoms with Gasteiger partial charge in [-0.15, -0.1) is 0 Å². The third kappa shape index (κ3) is 7.51. The minimum atomic E-state index is -0.521. The van der Waals surface area contributed by atoms with Crippen molar-refractivity contribution >= 4 is 69.1 Å². The Balaban J connectivity index is 1.45. The number of anilines is 1. The highest BCUT2D eigenvalue weighted by Crippen LogP contribution is 2.37. The third-order valence-electron chi connectivity index (χ3n) is 5.84. The van der Waals surface area contributed by atoms with Gasteiger partial charge in [0.25, 0.3) is 17.1 Å². The molecule has 206 valence electrons. The molecule has 2 saturated heterocycles. The largest absolute Gasteiger partial charge is 0.490 e. The summed E-state index contributed by atoms with van der Waals surface area (Å²) < 4.78 is 17.5. The van der Waals surface area contributed by atoms with E-state index >= 15 is 0 Å². The van der Waals surface area contributed by atoms with Crippen molar-refractivity contribution in [2.24, 2.45) is 0 Å². The number of imide groups is 1. The molecular formula is C27H28IN3O7S. The molecule has 2 aromatic carbocycles. The number of aryl methyl sites for hydroxylation is 1. The second-order valence-corrected chi connectivity index (χ2v) is 10.9. The van der Waals surface area contributed by atoms with Crippen LogP contribution >= 0.6 is 34.4 Å². The van der Waals surface area contributed by atoms with Gasteiger partial charge in [-0.1, -0.05) is 17.7 Å². The summed E-state index contributed by atoms with van der Waals surface area (Å²) in [7, 11) is 0. The smallest absolute Gasteiger partial charge is 0.294 e. The van der Waals surface area contributed by atoms with Crippen molar-refractivity contribution in [2.75, 3.05) is 51.4 Å². The van der Waals surface area contributed by atoms with Crippen molar-refractivity contribution < 1.29 is 33.4 Å². The van der Waals surface area contributed by atoms with Crippen LogP contribution < -0.4 is 14.8 Å². The monoisotopic (exact) mass is 665 g/mol. The number of halogens is 1. The minimum absolute atomic E-state index is 0.208. The van der Waals surface area contributed by atoms with Gasteiger partial charge in [0.2, 0.25) is 5.91 Å². The highest BCUT2D eigenvalue weighted by atomic mass is 127. The minimum Gasteiger partial charge on any atom is -0.490 e. The maximum Gasteiger partial charge on any atom is 0.294 e. The number of benzene rings is 2. The zero-order valence-electron chi connectivity index (χ0n) is 21.5. The fraction of sp³-hybridized carbons (Fsp3) is 0.333. The van der Waals surface area contributed by atoms with Crippen molar-refractivity contribution in [1.82, 2.24) is 9.80 Å². The van der Waals surface area contributed by atoms with E-state index in [1.54, 1.807) is 23.1 Å². The van der Waals surface area contributed by atoms with E-state index < -0.39 is 11.1 Å². The van der Waals surface area contributed by atoms with Crippen LogP contribution in [0.1, 0.15) is 18.1 Å². The highest BCUT2D eigenvalue weighted by molar-refractivity contribution is 14.1.